The van der Waals surface area contributed by atoms with Gasteiger partial charge in [-0.25, -0.2) is 0 Å². The molecule has 104 valence electrons. The lowest BCUT2D eigenvalue weighted by Gasteiger charge is -1.98. The molecule has 1 aromatic carbocycles. The van der Waals surface area contributed by atoms with Crippen molar-refractivity contribution in [1.29, 1.82) is 0 Å². The Kier molecular flexibility index (Phi) is 4.95. The third-order valence-corrected chi connectivity index (χ3v) is 3.73. The number of rotatable bonds is 5. The molecule has 0 spiro atoms. The molecule has 2 rings (SSSR count). The summed E-state index contributed by atoms with van der Waals surface area (Å²) in [5.41, 5.74) is 0.909. The molecule has 0 aliphatic carbocycles. The fourth-order valence-corrected chi connectivity index (χ4v) is 2.52. The highest BCUT2D eigenvalue weighted by atomic mass is 32.2. The number of benzene rings is 1. The van der Waals surface area contributed by atoms with E-state index in [0.29, 0.717) is 11.6 Å². The Hall–Kier alpha value is -2.08. The van der Waals surface area contributed by atoms with E-state index < -0.39 is 0 Å². The summed E-state index contributed by atoms with van der Waals surface area (Å²) in [6.07, 6.45) is 3.97. The molecule has 1 amide bonds. The second kappa shape index (κ2) is 6.91. The van der Waals surface area contributed by atoms with E-state index in [1.165, 1.54) is 11.8 Å². The smallest absolute Gasteiger partial charge is 0.239 e. The van der Waals surface area contributed by atoms with Gasteiger partial charge in [-0.15, -0.1) is 11.7 Å². The molecule has 0 radical (unpaired) electrons. The van der Waals surface area contributed by atoms with Gasteiger partial charge in [-0.1, -0.05) is 17.8 Å². The van der Waals surface area contributed by atoms with Gasteiger partial charge in [0.05, 0.1) is 18.6 Å². The summed E-state index contributed by atoms with van der Waals surface area (Å²) in [5, 5.41) is 11.0. The Balaban J connectivity index is 1.96. The van der Waals surface area contributed by atoms with Crippen molar-refractivity contribution in [2.75, 3.05) is 7.11 Å². The molecule has 0 aromatic heterocycles. The quantitative estimate of drug-likeness (QED) is 0.513. The van der Waals surface area contributed by atoms with Crippen LogP contribution in [0.5, 0.6) is 5.75 Å². The predicted molar refractivity (Wildman–Crippen MR) is 82.4 cm³/mol. The number of amides is 1. The van der Waals surface area contributed by atoms with Crippen molar-refractivity contribution in [2.45, 2.75) is 11.7 Å². The van der Waals surface area contributed by atoms with Gasteiger partial charge in [0.15, 0.2) is 5.17 Å². The molecule has 5 nitrogen and oxygen atoms in total. The minimum atomic E-state index is -0.151. The lowest BCUT2D eigenvalue weighted by atomic mass is 10.2. The van der Waals surface area contributed by atoms with E-state index in [1.54, 1.807) is 19.4 Å². The van der Waals surface area contributed by atoms with Gasteiger partial charge < -0.3 is 10.1 Å². The number of amidine groups is 1. The standard InChI is InChI=1S/C14H15N3O2S/c1-3-4-12-13(18)16-14(20-12)17-15-9-10-5-7-11(19-2)8-6-10/h3,5-9,12H,1,4H2,2H3,(H,16,17,18)/b15-9+/t12-/m1/s1. The zero-order chi connectivity index (χ0) is 14.4. The number of nitrogens with one attached hydrogen (secondary N) is 1. The van der Waals surface area contributed by atoms with Crippen LogP contribution in [0.4, 0.5) is 0 Å². The van der Waals surface area contributed by atoms with E-state index >= 15 is 0 Å². The monoisotopic (exact) mass is 289 g/mol. The lowest BCUT2D eigenvalue weighted by molar-refractivity contribution is -0.118. The fraction of sp³-hybridized carbons (Fsp3) is 0.214. The topological polar surface area (TPSA) is 63.1 Å². The van der Waals surface area contributed by atoms with E-state index in [-0.39, 0.29) is 11.2 Å². The number of ether oxygens (including phenoxy) is 1. The van der Waals surface area contributed by atoms with Crippen LogP contribution in [0.25, 0.3) is 0 Å². The van der Waals surface area contributed by atoms with Crippen LogP contribution in [0.15, 0.2) is 47.1 Å². The SMILES string of the molecule is C=CC[C@H]1S/C(=N/N=C/c2ccc(OC)cc2)NC1=O. The van der Waals surface area contributed by atoms with Gasteiger partial charge in [0.25, 0.3) is 0 Å². The first-order valence-electron chi connectivity index (χ1n) is 6.06. The maximum absolute atomic E-state index is 11.6. The zero-order valence-corrected chi connectivity index (χ0v) is 11.9. The summed E-state index contributed by atoms with van der Waals surface area (Å²) in [7, 11) is 1.62. The Morgan fingerprint density at radius 1 is 1.45 bits per heavy atom. The van der Waals surface area contributed by atoms with Gasteiger partial charge in [-0.2, -0.15) is 5.10 Å². The highest BCUT2D eigenvalue weighted by Gasteiger charge is 2.28. The van der Waals surface area contributed by atoms with Crippen LogP contribution in [0.1, 0.15) is 12.0 Å². The number of hydrogen-bond acceptors (Lipinski definition) is 5. The molecule has 6 heteroatoms. The molecule has 1 aliphatic rings. The van der Waals surface area contributed by atoms with Crippen LogP contribution in [-0.2, 0) is 4.79 Å². The maximum atomic E-state index is 11.6. The van der Waals surface area contributed by atoms with Gasteiger partial charge in [-0.05, 0) is 36.2 Å². The molecule has 0 unspecified atom stereocenters. The van der Waals surface area contributed by atoms with Crippen molar-refractivity contribution in [3.05, 3.63) is 42.5 Å². The summed E-state index contributed by atoms with van der Waals surface area (Å²) in [5.74, 6) is 0.743. The summed E-state index contributed by atoms with van der Waals surface area (Å²) < 4.78 is 5.07. The number of methoxy groups -OCH3 is 1. The molecule has 1 N–H and O–H groups in total. The van der Waals surface area contributed by atoms with Crippen LogP contribution in [0.2, 0.25) is 0 Å². The normalized spacial score (nSPS) is 20.4. The zero-order valence-electron chi connectivity index (χ0n) is 11.1. The third-order valence-electron chi connectivity index (χ3n) is 2.63. The Bertz CT molecular complexity index is 552. The Morgan fingerprint density at radius 3 is 2.85 bits per heavy atom. The van der Waals surface area contributed by atoms with E-state index in [4.69, 9.17) is 4.74 Å². The first-order valence-corrected chi connectivity index (χ1v) is 6.94. The fourth-order valence-electron chi connectivity index (χ4n) is 1.60. The molecular formula is C14H15N3O2S. The molecule has 20 heavy (non-hydrogen) atoms. The molecule has 1 heterocycles. The highest BCUT2D eigenvalue weighted by Crippen LogP contribution is 2.22. The first kappa shape index (κ1) is 14.3. The number of nitrogens with zero attached hydrogens (tertiary/aromatic N) is 2. The number of carbonyl (C=O) groups excluding carboxylic acids is 1. The number of hydrogen-bond donors (Lipinski definition) is 1. The van der Waals surface area contributed by atoms with Crippen molar-refractivity contribution in [2.24, 2.45) is 10.2 Å². The van der Waals surface area contributed by atoms with Crippen molar-refractivity contribution in [1.82, 2.24) is 5.32 Å². The van der Waals surface area contributed by atoms with Crippen LogP contribution in [0, 0.1) is 0 Å². The average Bonchev–Trinajstić information content (AvgIpc) is 2.80. The van der Waals surface area contributed by atoms with Crippen molar-refractivity contribution in [3.8, 4) is 5.75 Å². The summed E-state index contributed by atoms with van der Waals surface area (Å²) in [4.78, 5) is 11.6. The first-order chi connectivity index (χ1) is 9.72. The van der Waals surface area contributed by atoms with E-state index in [9.17, 15) is 4.79 Å². The molecule has 1 fully saturated rings. The largest absolute Gasteiger partial charge is 0.497 e. The second-order valence-corrected chi connectivity index (χ2v) is 5.23. The minimum absolute atomic E-state index is 0.0479. The number of thioether (sulfide) groups is 1. The van der Waals surface area contributed by atoms with E-state index in [2.05, 4.69) is 22.1 Å². The molecule has 1 aliphatic heterocycles. The number of carbonyl (C=O) groups is 1. The maximum Gasteiger partial charge on any atom is 0.239 e. The van der Waals surface area contributed by atoms with Crippen molar-refractivity contribution < 1.29 is 9.53 Å². The molecule has 0 saturated carbocycles. The molecule has 1 atom stereocenters. The predicted octanol–water partition coefficient (Wildman–Crippen LogP) is 2.19. The van der Waals surface area contributed by atoms with Gasteiger partial charge in [-0.3, -0.25) is 4.79 Å². The van der Waals surface area contributed by atoms with Gasteiger partial charge >= 0.3 is 0 Å². The van der Waals surface area contributed by atoms with Crippen LogP contribution in [-0.4, -0.2) is 29.6 Å². The van der Waals surface area contributed by atoms with Crippen molar-refractivity contribution >= 4 is 29.1 Å². The summed E-state index contributed by atoms with van der Waals surface area (Å²) >= 11 is 1.37. The summed E-state index contributed by atoms with van der Waals surface area (Å²) in [6.45, 7) is 3.63. The molecular weight excluding hydrogens is 274 g/mol. The minimum Gasteiger partial charge on any atom is -0.497 e. The van der Waals surface area contributed by atoms with E-state index in [0.717, 1.165) is 11.3 Å². The summed E-state index contributed by atoms with van der Waals surface area (Å²) in [6, 6.07) is 7.45. The number of allylic oxidation sites excluding steroid dienone is 1. The van der Waals surface area contributed by atoms with Gasteiger partial charge in [0.2, 0.25) is 5.91 Å². The molecule has 0 bridgehead atoms. The van der Waals surface area contributed by atoms with Gasteiger partial charge in [0.1, 0.15) is 5.75 Å². The van der Waals surface area contributed by atoms with Gasteiger partial charge in [0, 0.05) is 0 Å². The Morgan fingerprint density at radius 2 is 2.20 bits per heavy atom. The van der Waals surface area contributed by atoms with Crippen molar-refractivity contribution in [3.63, 3.8) is 0 Å². The molecule has 1 saturated heterocycles. The average molecular weight is 289 g/mol. The molecule has 1 aromatic rings. The van der Waals surface area contributed by atoms with Crippen LogP contribution >= 0.6 is 11.8 Å². The lowest BCUT2D eigenvalue weighted by Crippen LogP contribution is -2.24. The Labute approximate surface area is 121 Å². The third kappa shape index (κ3) is 3.71. The second-order valence-electron chi connectivity index (χ2n) is 4.04. The van der Waals surface area contributed by atoms with E-state index in [1.807, 2.05) is 24.3 Å². The van der Waals surface area contributed by atoms with Crippen LogP contribution in [0.3, 0.4) is 0 Å². The highest BCUT2D eigenvalue weighted by molar-refractivity contribution is 8.15. The van der Waals surface area contributed by atoms with Crippen LogP contribution < -0.4 is 10.1 Å².